The van der Waals surface area contributed by atoms with Crippen LogP contribution in [0.3, 0.4) is 0 Å². The van der Waals surface area contributed by atoms with Crippen LogP contribution in [0.1, 0.15) is 35.6 Å². The predicted octanol–water partition coefficient (Wildman–Crippen LogP) is 2.48. The van der Waals surface area contributed by atoms with Crippen molar-refractivity contribution in [3.63, 3.8) is 0 Å². The van der Waals surface area contributed by atoms with Crippen LogP contribution in [0.25, 0.3) is 0 Å². The van der Waals surface area contributed by atoms with E-state index in [-0.39, 0.29) is 18.9 Å². The van der Waals surface area contributed by atoms with E-state index in [0.29, 0.717) is 13.0 Å². The molecule has 0 saturated carbocycles. The number of nitrogens with zero attached hydrogens (tertiary/aromatic N) is 1. The minimum absolute atomic E-state index is 0.00849. The zero-order valence-corrected chi connectivity index (χ0v) is 12.7. The van der Waals surface area contributed by atoms with Crippen molar-refractivity contribution in [2.24, 2.45) is 0 Å². The maximum absolute atomic E-state index is 12.3. The van der Waals surface area contributed by atoms with Gasteiger partial charge in [-0.1, -0.05) is 17.7 Å². The van der Waals surface area contributed by atoms with Gasteiger partial charge in [0.2, 0.25) is 5.91 Å². The monoisotopic (exact) mass is 277 g/mol. The average molecular weight is 277 g/mol. The molecule has 1 aromatic rings. The first-order valence-corrected chi connectivity index (χ1v) is 6.91. The molecule has 1 amide bonds. The highest BCUT2D eigenvalue weighted by molar-refractivity contribution is 5.80. The maximum atomic E-state index is 12.3. The third-order valence-electron chi connectivity index (χ3n) is 3.50. The summed E-state index contributed by atoms with van der Waals surface area (Å²) in [6, 6.07) is 4.15. The Hall–Kier alpha value is -1.84. The van der Waals surface area contributed by atoms with Gasteiger partial charge in [-0.15, -0.1) is 0 Å². The molecule has 0 atom stereocenters. The Balaban J connectivity index is 2.81. The Bertz CT molecular complexity index is 485. The van der Waals surface area contributed by atoms with E-state index in [1.165, 1.54) is 5.56 Å². The number of hydrogen-bond acceptors (Lipinski definition) is 2. The molecule has 1 aromatic carbocycles. The number of aryl methyl sites for hydroxylation is 3. The molecule has 0 saturated heterocycles. The van der Waals surface area contributed by atoms with Gasteiger partial charge in [0.25, 0.3) is 0 Å². The summed E-state index contributed by atoms with van der Waals surface area (Å²) < 4.78 is 0. The molecule has 0 aliphatic rings. The molecule has 0 unspecified atom stereocenters. The van der Waals surface area contributed by atoms with E-state index in [1.807, 2.05) is 27.7 Å². The fourth-order valence-electron chi connectivity index (χ4n) is 2.44. The molecule has 0 heterocycles. The maximum Gasteiger partial charge on any atom is 0.305 e. The van der Waals surface area contributed by atoms with Crippen LogP contribution in [-0.2, 0) is 16.0 Å². The van der Waals surface area contributed by atoms with Crippen molar-refractivity contribution in [1.29, 1.82) is 0 Å². The molecular formula is C16H23NO3. The molecule has 4 heteroatoms. The first kappa shape index (κ1) is 16.2. The largest absolute Gasteiger partial charge is 0.481 e. The smallest absolute Gasteiger partial charge is 0.305 e. The second-order valence-electron chi connectivity index (χ2n) is 5.17. The number of aliphatic carboxylic acids is 1. The summed E-state index contributed by atoms with van der Waals surface area (Å²) in [7, 11) is 0. The molecule has 0 fully saturated rings. The third-order valence-corrected chi connectivity index (χ3v) is 3.50. The van der Waals surface area contributed by atoms with Gasteiger partial charge in [-0.05, 0) is 44.4 Å². The van der Waals surface area contributed by atoms with Crippen LogP contribution in [0.4, 0.5) is 0 Å². The van der Waals surface area contributed by atoms with E-state index in [2.05, 4.69) is 12.1 Å². The number of carbonyl (C=O) groups is 2. The Morgan fingerprint density at radius 3 is 2.15 bits per heavy atom. The summed E-state index contributed by atoms with van der Waals surface area (Å²) in [5.74, 6) is -0.886. The van der Waals surface area contributed by atoms with E-state index in [1.54, 1.807) is 4.90 Å². The molecule has 0 bridgehead atoms. The summed E-state index contributed by atoms with van der Waals surface area (Å²) in [5.41, 5.74) is 4.47. The number of hydrogen-bond donors (Lipinski definition) is 1. The fraction of sp³-hybridized carbons (Fsp3) is 0.500. The minimum atomic E-state index is -0.876. The molecule has 4 nitrogen and oxygen atoms in total. The molecule has 0 aliphatic carbocycles. The topological polar surface area (TPSA) is 57.6 Å². The summed E-state index contributed by atoms with van der Waals surface area (Å²) in [4.78, 5) is 24.5. The minimum Gasteiger partial charge on any atom is -0.481 e. The van der Waals surface area contributed by atoms with Crippen molar-refractivity contribution in [3.05, 3.63) is 34.4 Å². The lowest BCUT2D eigenvalue weighted by molar-refractivity contribution is -0.138. The van der Waals surface area contributed by atoms with Crippen LogP contribution in [0.2, 0.25) is 0 Å². The average Bonchev–Trinajstić information content (AvgIpc) is 2.34. The zero-order valence-electron chi connectivity index (χ0n) is 12.7. The van der Waals surface area contributed by atoms with Gasteiger partial charge >= 0.3 is 5.97 Å². The second-order valence-corrected chi connectivity index (χ2v) is 5.17. The number of amides is 1. The fourth-order valence-corrected chi connectivity index (χ4v) is 2.44. The van der Waals surface area contributed by atoms with Gasteiger partial charge in [-0.25, -0.2) is 0 Å². The number of rotatable bonds is 6. The van der Waals surface area contributed by atoms with E-state index in [9.17, 15) is 9.59 Å². The molecule has 0 radical (unpaired) electrons. The summed E-state index contributed by atoms with van der Waals surface area (Å²) in [5, 5.41) is 8.71. The van der Waals surface area contributed by atoms with Crippen molar-refractivity contribution in [2.45, 2.75) is 40.5 Å². The Morgan fingerprint density at radius 1 is 1.15 bits per heavy atom. The summed E-state index contributed by atoms with van der Waals surface area (Å²) >= 11 is 0. The Morgan fingerprint density at radius 2 is 1.70 bits per heavy atom. The van der Waals surface area contributed by atoms with E-state index in [0.717, 1.165) is 16.7 Å². The molecule has 0 aliphatic heterocycles. The molecule has 20 heavy (non-hydrogen) atoms. The molecule has 1 N–H and O–H groups in total. The molecule has 0 aromatic heterocycles. The number of carboxylic acids is 1. The molecule has 110 valence electrons. The van der Waals surface area contributed by atoms with Gasteiger partial charge in [-0.2, -0.15) is 0 Å². The van der Waals surface area contributed by atoms with Crippen molar-refractivity contribution in [3.8, 4) is 0 Å². The van der Waals surface area contributed by atoms with Crippen LogP contribution in [-0.4, -0.2) is 35.0 Å². The SMILES string of the molecule is CCN(CCC(=O)O)C(=O)Cc1c(C)cc(C)cc1C. The van der Waals surface area contributed by atoms with Crippen LogP contribution < -0.4 is 0 Å². The standard InChI is InChI=1S/C16H23NO3/c1-5-17(7-6-16(19)20)15(18)10-14-12(3)8-11(2)9-13(14)4/h8-9H,5-7,10H2,1-4H3,(H,19,20). The van der Waals surface area contributed by atoms with Gasteiger partial charge in [0.05, 0.1) is 12.8 Å². The quantitative estimate of drug-likeness (QED) is 0.869. The van der Waals surface area contributed by atoms with Crippen LogP contribution in [0, 0.1) is 20.8 Å². The van der Waals surface area contributed by atoms with E-state index < -0.39 is 5.97 Å². The summed E-state index contributed by atoms with van der Waals surface area (Å²) in [6.45, 7) is 8.74. The molecule has 1 rings (SSSR count). The van der Waals surface area contributed by atoms with Gasteiger partial charge in [-0.3, -0.25) is 9.59 Å². The zero-order chi connectivity index (χ0) is 15.3. The van der Waals surface area contributed by atoms with Crippen molar-refractivity contribution >= 4 is 11.9 Å². The Kier molecular flexibility index (Phi) is 5.74. The lowest BCUT2D eigenvalue weighted by Gasteiger charge is -2.21. The second kappa shape index (κ2) is 7.08. The third kappa shape index (κ3) is 4.37. The Labute approximate surface area is 120 Å². The number of carbonyl (C=O) groups excluding carboxylic acids is 1. The lowest BCUT2D eigenvalue weighted by atomic mass is 9.97. The van der Waals surface area contributed by atoms with Gasteiger partial charge < -0.3 is 10.0 Å². The highest BCUT2D eigenvalue weighted by Gasteiger charge is 2.16. The highest BCUT2D eigenvalue weighted by Crippen LogP contribution is 2.17. The van der Waals surface area contributed by atoms with E-state index >= 15 is 0 Å². The van der Waals surface area contributed by atoms with Crippen molar-refractivity contribution in [1.82, 2.24) is 4.90 Å². The normalized spacial score (nSPS) is 10.4. The molecule has 0 spiro atoms. The van der Waals surface area contributed by atoms with Crippen molar-refractivity contribution < 1.29 is 14.7 Å². The van der Waals surface area contributed by atoms with Gasteiger partial charge in [0.15, 0.2) is 0 Å². The predicted molar refractivity (Wildman–Crippen MR) is 78.9 cm³/mol. The summed E-state index contributed by atoms with van der Waals surface area (Å²) in [6.07, 6.45) is 0.330. The van der Waals surface area contributed by atoms with Crippen molar-refractivity contribution in [2.75, 3.05) is 13.1 Å². The van der Waals surface area contributed by atoms with Gasteiger partial charge in [0.1, 0.15) is 0 Å². The van der Waals surface area contributed by atoms with Crippen LogP contribution in [0.5, 0.6) is 0 Å². The first-order chi connectivity index (χ1) is 9.35. The number of likely N-dealkylation sites (N-methyl/N-ethyl adjacent to an activating group) is 1. The van der Waals surface area contributed by atoms with Crippen LogP contribution in [0.15, 0.2) is 12.1 Å². The number of benzene rings is 1. The van der Waals surface area contributed by atoms with E-state index in [4.69, 9.17) is 5.11 Å². The van der Waals surface area contributed by atoms with Gasteiger partial charge in [0, 0.05) is 13.1 Å². The lowest BCUT2D eigenvalue weighted by Crippen LogP contribution is -2.34. The van der Waals surface area contributed by atoms with Crippen LogP contribution >= 0.6 is 0 Å². The number of carboxylic acid groups (broad SMARTS) is 1. The molecular weight excluding hydrogens is 254 g/mol. The first-order valence-electron chi connectivity index (χ1n) is 6.91. The highest BCUT2D eigenvalue weighted by atomic mass is 16.4.